The molecule has 0 atom stereocenters. The van der Waals surface area contributed by atoms with E-state index in [1.165, 1.54) is 0 Å². The molecule has 1 aliphatic rings. The summed E-state index contributed by atoms with van der Waals surface area (Å²) >= 11 is 3.38. The molecule has 0 N–H and O–H groups in total. The molecule has 0 saturated carbocycles. The molecule has 22 heavy (non-hydrogen) atoms. The Morgan fingerprint density at radius 1 is 1.14 bits per heavy atom. The first-order chi connectivity index (χ1) is 10.7. The Bertz CT molecular complexity index is 685. The average molecular weight is 362 g/mol. The molecule has 3 rings (SSSR count). The first-order valence-corrected chi connectivity index (χ1v) is 7.90. The number of fused-ring (bicyclic) bond motifs is 1. The average Bonchev–Trinajstić information content (AvgIpc) is 3.00. The van der Waals surface area contributed by atoms with Crippen LogP contribution < -0.4 is 9.47 Å². The van der Waals surface area contributed by atoms with E-state index in [0.29, 0.717) is 18.7 Å². The van der Waals surface area contributed by atoms with Gasteiger partial charge in [-0.3, -0.25) is 4.79 Å². The van der Waals surface area contributed by atoms with Crippen LogP contribution >= 0.6 is 15.9 Å². The Morgan fingerprint density at radius 3 is 2.59 bits per heavy atom. The standard InChI is InChI=1S/C17H16BrNO3/c1-2-19(17(20)13-4-6-14(18)7-5-13)10-12-3-8-15-16(9-12)22-11-21-15/h3-9H,2,10-11H2,1H3. The molecule has 5 heteroatoms. The lowest BCUT2D eigenvalue weighted by atomic mass is 10.1. The molecular formula is C17H16BrNO3. The monoisotopic (exact) mass is 361 g/mol. The van der Waals surface area contributed by atoms with Crippen molar-refractivity contribution in [3.63, 3.8) is 0 Å². The number of nitrogens with zero attached hydrogens (tertiary/aromatic N) is 1. The van der Waals surface area contributed by atoms with Crippen molar-refractivity contribution in [2.75, 3.05) is 13.3 Å². The fourth-order valence-corrected chi connectivity index (χ4v) is 2.63. The molecule has 0 fully saturated rings. The van der Waals surface area contributed by atoms with E-state index in [-0.39, 0.29) is 12.7 Å². The van der Waals surface area contributed by atoms with Gasteiger partial charge in [0.15, 0.2) is 11.5 Å². The number of rotatable bonds is 4. The van der Waals surface area contributed by atoms with Crippen molar-refractivity contribution in [2.45, 2.75) is 13.5 Å². The number of hydrogen-bond acceptors (Lipinski definition) is 3. The van der Waals surface area contributed by atoms with Crippen LogP contribution in [0.5, 0.6) is 11.5 Å². The lowest BCUT2D eigenvalue weighted by molar-refractivity contribution is 0.0752. The zero-order valence-electron chi connectivity index (χ0n) is 12.2. The van der Waals surface area contributed by atoms with Crippen molar-refractivity contribution >= 4 is 21.8 Å². The number of benzene rings is 2. The van der Waals surface area contributed by atoms with Gasteiger partial charge in [-0.15, -0.1) is 0 Å². The van der Waals surface area contributed by atoms with Crippen LogP contribution in [-0.2, 0) is 6.54 Å². The maximum atomic E-state index is 12.6. The van der Waals surface area contributed by atoms with Crippen molar-refractivity contribution in [1.82, 2.24) is 4.90 Å². The van der Waals surface area contributed by atoms with Gasteiger partial charge < -0.3 is 14.4 Å². The molecule has 4 nitrogen and oxygen atoms in total. The summed E-state index contributed by atoms with van der Waals surface area (Å²) < 4.78 is 11.6. The number of amides is 1. The minimum atomic E-state index is 0.0210. The third-order valence-electron chi connectivity index (χ3n) is 3.57. The van der Waals surface area contributed by atoms with Crippen LogP contribution in [0, 0.1) is 0 Å². The molecule has 1 amide bonds. The van der Waals surface area contributed by atoms with Crippen molar-refractivity contribution in [3.8, 4) is 11.5 Å². The highest BCUT2D eigenvalue weighted by Gasteiger charge is 2.17. The summed E-state index contributed by atoms with van der Waals surface area (Å²) in [6.07, 6.45) is 0. The maximum absolute atomic E-state index is 12.6. The number of ether oxygens (including phenoxy) is 2. The highest BCUT2D eigenvalue weighted by atomic mass is 79.9. The summed E-state index contributed by atoms with van der Waals surface area (Å²) in [6.45, 7) is 3.42. The number of hydrogen-bond donors (Lipinski definition) is 0. The summed E-state index contributed by atoms with van der Waals surface area (Å²) in [5, 5.41) is 0. The SMILES string of the molecule is CCN(Cc1ccc2c(c1)OCO2)C(=O)c1ccc(Br)cc1. The van der Waals surface area contributed by atoms with Crippen molar-refractivity contribution < 1.29 is 14.3 Å². The van der Waals surface area contributed by atoms with Gasteiger partial charge in [-0.25, -0.2) is 0 Å². The van der Waals surface area contributed by atoms with E-state index >= 15 is 0 Å². The van der Waals surface area contributed by atoms with Gasteiger partial charge in [0.25, 0.3) is 5.91 Å². The van der Waals surface area contributed by atoms with Gasteiger partial charge in [-0.2, -0.15) is 0 Å². The summed E-state index contributed by atoms with van der Waals surface area (Å²) in [5.41, 5.74) is 1.71. The van der Waals surface area contributed by atoms with Gasteiger partial charge in [0.1, 0.15) is 0 Å². The smallest absolute Gasteiger partial charge is 0.254 e. The molecule has 0 radical (unpaired) electrons. The van der Waals surface area contributed by atoms with E-state index in [0.717, 1.165) is 21.5 Å². The zero-order valence-corrected chi connectivity index (χ0v) is 13.8. The molecule has 2 aromatic rings. The van der Waals surface area contributed by atoms with Gasteiger partial charge in [-0.1, -0.05) is 22.0 Å². The van der Waals surface area contributed by atoms with Gasteiger partial charge >= 0.3 is 0 Å². The Balaban J connectivity index is 1.76. The highest BCUT2D eigenvalue weighted by molar-refractivity contribution is 9.10. The topological polar surface area (TPSA) is 38.8 Å². The predicted octanol–water partition coefficient (Wildman–Crippen LogP) is 3.84. The summed E-state index contributed by atoms with van der Waals surface area (Å²) in [7, 11) is 0. The van der Waals surface area contributed by atoms with Crippen LogP contribution in [0.2, 0.25) is 0 Å². The maximum Gasteiger partial charge on any atom is 0.254 e. The fourth-order valence-electron chi connectivity index (χ4n) is 2.36. The predicted molar refractivity (Wildman–Crippen MR) is 87.1 cm³/mol. The number of carbonyl (C=O) groups is 1. The van der Waals surface area contributed by atoms with Gasteiger partial charge in [0, 0.05) is 23.1 Å². The van der Waals surface area contributed by atoms with E-state index in [1.54, 1.807) is 4.90 Å². The van der Waals surface area contributed by atoms with Crippen LogP contribution in [0.1, 0.15) is 22.8 Å². The van der Waals surface area contributed by atoms with Crippen LogP contribution in [0.15, 0.2) is 46.9 Å². The van der Waals surface area contributed by atoms with E-state index in [2.05, 4.69) is 15.9 Å². The third kappa shape index (κ3) is 3.09. The molecule has 2 aromatic carbocycles. The first kappa shape index (κ1) is 14.9. The molecule has 0 aromatic heterocycles. The number of halogens is 1. The molecule has 114 valence electrons. The van der Waals surface area contributed by atoms with Crippen molar-refractivity contribution in [2.24, 2.45) is 0 Å². The van der Waals surface area contributed by atoms with Crippen LogP contribution in [0.25, 0.3) is 0 Å². The summed E-state index contributed by atoms with van der Waals surface area (Å²) in [5.74, 6) is 1.52. The molecule has 0 bridgehead atoms. The second kappa shape index (κ2) is 6.40. The van der Waals surface area contributed by atoms with Gasteiger partial charge in [0.2, 0.25) is 6.79 Å². The fraction of sp³-hybridized carbons (Fsp3) is 0.235. The molecule has 0 saturated heterocycles. The molecular weight excluding hydrogens is 346 g/mol. The lowest BCUT2D eigenvalue weighted by Crippen LogP contribution is -2.30. The minimum Gasteiger partial charge on any atom is -0.454 e. The van der Waals surface area contributed by atoms with Crippen LogP contribution in [0.3, 0.4) is 0 Å². The molecule has 0 unspecified atom stereocenters. The Kier molecular flexibility index (Phi) is 4.34. The summed E-state index contributed by atoms with van der Waals surface area (Å²) in [6, 6.07) is 13.2. The van der Waals surface area contributed by atoms with Crippen LogP contribution in [-0.4, -0.2) is 24.1 Å². The van der Waals surface area contributed by atoms with E-state index in [1.807, 2.05) is 49.4 Å². The molecule has 0 spiro atoms. The second-order valence-electron chi connectivity index (χ2n) is 5.01. The van der Waals surface area contributed by atoms with Crippen LogP contribution in [0.4, 0.5) is 0 Å². The third-order valence-corrected chi connectivity index (χ3v) is 4.10. The molecule has 1 aliphatic heterocycles. The molecule has 0 aliphatic carbocycles. The summed E-state index contributed by atoms with van der Waals surface area (Å²) in [4.78, 5) is 14.4. The normalized spacial score (nSPS) is 12.3. The lowest BCUT2D eigenvalue weighted by Gasteiger charge is -2.21. The van der Waals surface area contributed by atoms with Crippen molar-refractivity contribution in [3.05, 3.63) is 58.1 Å². The van der Waals surface area contributed by atoms with E-state index in [9.17, 15) is 4.79 Å². The van der Waals surface area contributed by atoms with Crippen molar-refractivity contribution in [1.29, 1.82) is 0 Å². The van der Waals surface area contributed by atoms with E-state index < -0.39 is 0 Å². The van der Waals surface area contributed by atoms with E-state index in [4.69, 9.17) is 9.47 Å². The zero-order chi connectivity index (χ0) is 15.5. The van der Waals surface area contributed by atoms with Gasteiger partial charge in [-0.05, 0) is 48.9 Å². The van der Waals surface area contributed by atoms with Gasteiger partial charge in [0.05, 0.1) is 0 Å². The Morgan fingerprint density at radius 2 is 1.86 bits per heavy atom. The largest absolute Gasteiger partial charge is 0.454 e. The quantitative estimate of drug-likeness (QED) is 0.830. The number of carbonyl (C=O) groups excluding carboxylic acids is 1. The second-order valence-corrected chi connectivity index (χ2v) is 5.93. The Hall–Kier alpha value is -2.01. The minimum absolute atomic E-state index is 0.0210. The first-order valence-electron chi connectivity index (χ1n) is 7.10. The molecule has 1 heterocycles. The highest BCUT2D eigenvalue weighted by Crippen LogP contribution is 2.32. The Labute approximate surface area is 137 Å².